The predicted molar refractivity (Wildman–Crippen MR) is 41.7 cm³/mol. The molecule has 60 valence electrons. The van der Waals surface area contributed by atoms with Crippen LogP contribution in [0.5, 0.6) is 0 Å². The lowest BCUT2D eigenvalue weighted by molar-refractivity contribution is -0.00656. The largest absolute Gasteiger partial charge is 0.399 e. The number of hydrogen-bond acceptors (Lipinski definition) is 2. The summed E-state index contributed by atoms with van der Waals surface area (Å²) in [7, 11) is 1.31. The first kappa shape index (κ1) is 8.01. The van der Waals surface area contributed by atoms with Crippen molar-refractivity contribution >= 4 is 5.69 Å². The van der Waals surface area contributed by atoms with E-state index in [4.69, 9.17) is 5.73 Å². The fourth-order valence-electron chi connectivity index (χ4n) is 0.836. The lowest BCUT2D eigenvalue weighted by Crippen LogP contribution is -1.95. The summed E-state index contributed by atoms with van der Waals surface area (Å²) < 4.78 is 17.2. The third-order valence-corrected chi connectivity index (χ3v) is 1.38. The number of ether oxygens (including phenoxy) is 1. The predicted octanol–water partition coefficient (Wildman–Crippen LogP) is 1.88. The molecular formula is C8H10FNO. The third kappa shape index (κ3) is 1.91. The Balaban J connectivity index is 2.86. The molecule has 11 heavy (non-hydrogen) atoms. The maximum Gasteiger partial charge on any atom is 0.224 e. The van der Waals surface area contributed by atoms with Crippen molar-refractivity contribution < 1.29 is 9.13 Å². The molecule has 0 radical (unpaired) electrons. The van der Waals surface area contributed by atoms with Gasteiger partial charge < -0.3 is 10.5 Å². The lowest BCUT2D eigenvalue weighted by Gasteiger charge is -2.05. The second-order valence-corrected chi connectivity index (χ2v) is 2.22. The maximum atomic E-state index is 12.8. The van der Waals surface area contributed by atoms with Gasteiger partial charge in [0.2, 0.25) is 6.36 Å². The minimum Gasteiger partial charge on any atom is -0.399 e. The number of nitrogens with two attached hydrogens (primary N) is 1. The summed E-state index contributed by atoms with van der Waals surface area (Å²) in [6, 6.07) is 6.57. The zero-order valence-electron chi connectivity index (χ0n) is 6.25. The van der Waals surface area contributed by atoms with Gasteiger partial charge in [-0.25, -0.2) is 4.39 Å². The molecule has 2 N–H and O–H groups in total. The van der Waals surface area contributed by atoms with Crippen molar-refractivity contribution in [1.29, 1.82) is 0 Å². The van der Waals surface area contributed by atoms with Gasteiger partial charge in [0.05, 0.1) is 0 Å². The zero-order chi connectivity index (χ0) is 8.27. The van der Waals surface area contributed by atoms with Crippen LogP contribution in [-0.2, 0) is 4.74 Å². The molecule has 0 heterocycles. The Kier molecular flexibility index (Phi) is 2.44. The van der Waals surface area contributed by atoms with E-state index in [0.717, 1.165) is 0 Å². The summed E-state index contributed by atoms with van der Waals surface area (Å²) in [5, 5.41) is 0. The molecule has 0 aromatic heterocycles. The number of rotatable bonds is 2. The fourth-order valence-corrected chi connectivity index (χ4v) is 0.836. The van der Waals surface area contributed by atoms with E-state index in [2.05, 4.69) is 4.74 Å². The molecule has 0 aliphatic carbocycles. The van der Waals surface area contributed by atoms with Gasteiger partial charge in [-0.2, -0.15) is 0 Å². The first-order valence-electron chi connectivity index (χ1n) is 3.26. The van der Waals surface area contributed by atoms with E-state index in [-0.39, 0.29) is 0 Å². The molecule has 0 aliphatic rings. The summed E-state index contributed by atoms with van der Waals surface area (Å²) in [5.74, 6) is 0. The first-order chi connectivity index (χ1) is 5.24. The molecule has 1 rings (SSSR count). The standard InChI is InChI=1S/C8H10FNO/c1-11-8(9)6-3-2-4-7(10)5-6/h2-5,8H,10H2,1H3. The van der Waals surface area contributed by atoms with Gasteiger partial charge in [-0.1, -0.05) is 12.1 Å². The number of nitrogen functional groups attached to an aromatic ring is 1. The second kappa shape index (κ2) is 3.34. The molecule has 1 unspecified atom stereocenters. The Morgan fingerprint density at radius 3 is 2.82 bits per heavy atom. The highest BCUT2D eigenvalue weighted by Crippen LogP contribution is 2.19. The fraction of sp³-hybridized carbons (Fsp3) is 0.250. The van der Waals surface area contributed by atoms with Gasteiger partial charge in [-0.15, -0.1) is 0 Å². The van der Waals surface area contributed by atoms with Crippen LogP contribution in [-0.4, -0.2) is 7.11 Å². The SMILES string of the molecule is COC(F)c1cccc(N)c1. The topological polar surface area (TPSA) is 35.2 Å². The van der Waals surface area contributed by atoms with Gasteiger partial charge in [0.1, 0.15) is 0 Å². The van der Waals surface area contributed by atoms with Crippen LogP contribution in [0.1, 0.15) is 11.9 Å². The van der Waals surface area contributed by atoms with Crippen molar-refractivity contribution in [3.8, 4) is 0 Å². The number of halogens is 1. The van der Waals surface area contributed by atoms with Crippen LogP contribution in [0.25, 0.3) is 0 Å². The van der Waals surface area contributed by atoms with Crippen LogP contribution >= 0.6 is 0 Å². The monoisotopic (exact) mass is 155 g/mol. The van der Waals surface area contributed by atoms with Crippen LogP contribution in [0.15, 0.2) is 24.3 Å². The smallest absolute Gasteiger partial charge is 0.224 e. The van der Waals surface area contributed by atoms with Crippen molar-refractivity contribution in [2.45, 2.75) is 6.36 Å². The van der Waals surface area contributed by atoms with Crippen LogP contribution in [0.2, 0.25) is 0 Å². The normalized spacial score (nSPS) is 12.9. The van der Waals surface area contributed by atoms with Crippen molar-refractivity contribution in [3.63, 3.8) is 0 Å². The van der Waals surface area contributed by atoms with E-state index in [9.17, 15) is 4.39 Å². The van der Waals surface area contributed by atoms with Gasteiger partial charge in [-0.3, -0.25) is 0 Å². The van der Waals surface area contributed by atoms with E-state index >= 15 is 0 Å². The molecule has 0 spiro atoms. The highest BCUT2D eigenvalue weighted by atomic mass is 19.1. The Morgan fingerprint density at radius 1 is 1.55 bits per heavy atom. The molecule has 3 heteroatoms. The Hall–Kier alpha value is -1.09. The molecule has 1 atom stereocenters. The minimum atomic E-state index is -1.38. The molecular weight excluding hydrogens is 145 g/mol. The van der Waals surface area contributed by atoms with Crippen molar-refractivity contribution in [3.05, 3.63) is 29.8 Å². The summed E-state index contributed by atoms with van der Waals surface area (Å²) in [4.78, 5) is 0. The first-order valence-corrected chi connectivity index (χ1v) is 3.26. The Morgan fingerprint density at radius 2 is 2.27 bits per heavy atom. The van der Waals surface area contributed by atoms with Crippen molar-refractivity contribution in [1.82, 2.24) is 0 Å². The van der Waals surface area contributed by atoms with Gasteiger partial charge in [-0.05, 0) is 12.1 Å². The molecule has 0 bridgehead atoms. The number of methoxy groups -OCH3 is 1. The molecule has 0 saturated heterocycles. The zero-order valence-corrected chi connectivity index (χ0v) is 6.25. The summed E-state index contributed by atoms with van der Waals surface area (Å²) >= 11 is 0. The van der Waals surface area contributed by atoms with Crippen LogP contribution < -0.4 is 5.73 Å². The average molecular weight is 155 g/mol. The van der Waals surface area contributed by atoms with Crippen molar-refractivity contribution in [2.24, 2.45) is 0 Å². The summed E-state index contributed by atoms with van der Waals surface area (Å²) in [6.07, 6.45) is -1.38. The highest BCUT2D eigenvalue weighted by molar-refractivity contribution is 5.40. The van der Waals surface area contributed by atoms with E-state index in [1.165, 1.54) is 7.11 Å². The lowest BCUT2D eigenvalue weighted by atomic mass is 10.2. The van der Waals surface area contributed by atoms with E-state index < -0.39 is 6.36 Å². The third-order valence-electron chi connectivity index (χ3n) is 1.38. The van der Waals surface area contributed by atoms with E-state index in [1.807, 2.05) is 0 Å². The average Bonchev–Trinajstić information content (AvgIpc) is 2.03. The molecule has 1 aromatic rings. The Bertz CT molecular complexity index is 239. The minimum absolute atomic E-state index is 0.451. The number of alkyl halides is 1. The molecule has 2 nitrogen and oxygen atoms in total. The van der Waals surface area contributed by atoms with Crippen LogP contribution in [0.4, 0.5) is 10.1 Å². The van der Waals surface area contributed by atoms with Gasteiger partial charge >= 0.3 is 0 Å². The van der Waals surface area contributed by atoms with Crippen LogP contribution in [0, 0.1) is 0 Å². The van der Waals surface area contributed by atoms with Gasteiger partial charge in [0.15, 0.2) is 0 Å². The van der Waals surface area contributed by atoms with Gasteiger partial charge in [0.25, 0.3) is 0 Å². The maximum absolute atomic E-state index is 12.8. The van der Waals surface area contributed by atoms with E-state index in [1.54, 1.807) is 24.3 Å². The molecule has 0 amide bonds. The second-order valence-electron chi connectivity index (χ2n) is 2.22. The summed E-state index contributed by atoms with van der Waals surface area (Å²) in [6.45, 7) is 0. The van der Waals surface area contributed by atoms with Crippen LogP contribution in [0.3, 0.4) is 0 Å². The number of hydrogen-bond donors (Lipinski definition) is 1. The molecule has 0 aliphatic heterocycles. The Labute approximate surface area is 64.8 Å². The highest BCUT2D eigenvalue weighted by Gasteiger charge is 2.06. The quantitative estimate of drug-likeness (QED) is 0.662. The van der Waals surface area contributed by atoms with Crippen molar-refractivity contribution in [2.75, 3.05) is 12.8 Å². The van der Waals surface area contributed by atoms with E-state index in [0.29, 0.717) is 11.3 Å². The molecule has 0 fully saturated rings. The molecule has 0 saturated carbocycles. The number of benzene rings is 1. The summed E-state index contributed by atoms with van der Waals surface area (Å²) in [5.41, 5.74) is 6.42. The molecule has 1 aromatic carbocycles. The van der Waals surface area contributed by atoms with Gasteiger partial charge in [0, 0.05) is 18.4 Å². The number of anilines is 1.